The van der Waals surface area contributed by atoms with Crippen LogP contribution in [0.4, 0.5) is 0 Å². The van der Waals surface area contributed by atoms with Crippen LogP contribution in [0.1, 0.15) is 70.7 Å². The van der Waals surface area contributed by atoms with Gasteiger partial charge in [0.25, 0.3) is 0 Å². The Morgan fingerprint density at radius 3 is 2.09 bits per heavy atom. The molecule has 0 saturated carbocycles. The number of aliphatic hydroxyl groups excluding tert-OH is 1. The van der Waals surface area contributed by atoms with Gasteiger partial charge < -0.3 is 9.67 Å². The largest absolute Gasteiger partial charge is 0.512 e. The molecule has 3 aromatic carbocycles. The predicted octanol–water partition coefficient (Wildman–Crippen LogP) is 10.2. The number of ketones is 1. The summed E-state index contributed by atoms with van der Waals surface area (Å²) in [5, 5.41) is 14.3. The quantitative estimate of drug-likeness (QED) is 0.0856. The summed E-state index contributed by atoms with van der Waals surface area (Å²) in [5.41, 5.74) is 7.46. The maximum Gasteiger partial charge on any atom is 0.161 e. The van der Waals surface area contributed by atoms with Crippen molar-refractivity contribution in [1.82, 2.24) is 0 Å². The van der Waals surface area contributed by atoms with Crippen molar-refractivity contribution in [2.75, 3.05) is 0 Å². The normalized spacial score (nSPS) is 12.1. The second-order valence-corrected chi connectivity index (χ2v) is 13.9. The summed E-state index contributed by atoms with van der Waals surface area (Å²) >= 11 is 1.88. The van der Waals surface area contributed by atoms with Crippen LogP contribution in [0.15, 0.2) is 66.6 Å². The van der Waals surface area contributed by atoms with E-state index in [1.54, 1.807) is 0 Å². The summed E-state index contributed by atoms with van der Waals surface area (Å²) < 4.78 is 4.66. The standard InChI is InChI=1S/C29H28NS.C9H16O2.Ir/c1-17-12-13-22-23-14-15-30(7)26(28(23)31-27(22)18(17)2)24-16-25(29(4,5)6)21-11-9-8-10-20(21)19(24)3;1-6(2)8(10)5-9(11)7(3)4;/h8-16H,3,7H2,1-2,4-6H3;5-7,10H,1-4H3;/q-1;;/b;8-5-;. The van der Waals surface area contributed by atoms with E-state index in [2.05, 4.69) is 103 Å². The van der Waals surface area contributed by atoms with Gasteiger partial charge in [-0.05, 0) is 47.2 Å². The monoisotopic (exact) mass is 771 g/mol. The summed E-state index contributed by atoms with van der Waals surface area (Å²) in [4.78, 5) is 11.0. The summed E-state index contributed by atoms with van der Waals surface area (Å²) in [7, 11) is 4.37. The summed E-state index contributed by atoms with van der Waals surface area (Å²) in [6, 6.07) is 17.7. The third-order valence-electron chi connectivity index (χ3n) is 8.01. The summed E-state index contributed by atoms with van der Waals surface area (Å²) in [6.45, 7) is 23.1. The van der Waals surface area contributed by atoms with E-state index in [4.69, 9.17) is 0 Å². The molecule has 2 aromatic heterocycles. The van der Waals surface area contributed by atoms with E-state index in [9.17, 15) is 9.90 Å². The third kappa shape index (κ3) is 6.85. The maximum absolute atomic E-state index is 11.0. The molecule has 0 aliphatic rings. The van der Waals surface area contributed by atoms with E-state index in [0.29, 0.717) is 0 Å². The first kappa shape index (κ1) is 34.4. The van der Waals surface area contributed by atoms with Crippen molar-refractivity contribution in [3.05, 3.63) is 103 Å². The topological polar surface area (TPSA) is 41.2 Å². The van der Waals surface area contributed by atoms with E-state index < -0.39 is 0 Å². The first-order chi connectivity index (χ1) is 19.6. The minimum atomic E-state index is -0.0316. The Balaban J connectivity index is 0.000000363. The average molecular weight is 771 g/mol. The zero-order chi connectivity index (χ0) is 31.1. The number of nitrogens with zero attached hydrogens (tertiary/aromatic N) is 1. The fourth-order valence-electron chi connectivity index (χ4n) is 5.15. The van der Waals surface area contributed by atoms with Crippen molar-refractivity contribution in [2.45, 2.75) is 67.7 Å². The maximum atomic E-state index is 11.0. The van der Waals surface area contributed by atoms with Gasteiger partial charge in [-0.1, -0.05) is 89.7 Å². The van der Waals surface area contributed by atoms with Crippen LogP contribution in [0.2, 0.25) is 0 Å². The zero-order valence-electron chi connectivity index (χ0n) is 26.9. The Labute approximate surface area is 275 Å². The molecule has 0 spiro atoms. The van der Waals surface area contributed by atoms with Crippen LogP contribution in [0, 0.1) is 39.7 Å². The molecule has 43 heavy (non-hydrogen) atoms. The van der Waals surface area contributed by atoms with Crippen molar-refractivity contribution in [3.8, 4) is 11.3 Å². The number of hydrogen-bond acceptors (Lipinski definition) is 3. The number of rotatable bonds is 4. The van der Waals surface area contributed by atoms with Gasteiger partial charge in [0.05, 0.1) is 17.6 Å². The van der Waals surface area contributed by atoms with Crippen LogP contribution in [0.3, 0.4) is 0 Å². The Morgan fingerprint density at radius 1 is 0.907 bits per heavy atom. The molecule has 0 amide bonds. The molecule has 1 N–H and O–H groups in total. The molecule has 229 valence electrons. The molecule has 0 fully saturated rings. The number of benzene rings is 3. The van der Waals surface area contributed by atoms with Gasteiger partial charge in [0.15, 0.2) is 5.78 Å². The number of hydrogen-bond donors (Lipinski definition) is 1. The molecular formula is C38H44IrNO2S-. The van der Waals surface area contributed by atoms with Crippen molar-refractivity contribution in [2.24, 2.45) is 11.8 Å². The Kier molecular flexibility index (Phi) is 10.6. The van der Waals surface area contributed by atoms with E-state index in [1.807, 2.05) is 43.6 Å². The predicted molar refractivity (Wildman–Crippen MR) is 181 cm³/mol. The Hall–Kier alpha value is -3.11. The van der Waals surface area contributed by atoms with Crippen molar-refractivity contribution in [1.29, 1.82) is 0 Å². The van der Waals surface area contributed by atoms with Gasteiger partial charge >= 0.3 is 0 Å². The Bertz CT molecular complexity index is 1840. The first-order valence-electron chi connectivity index (χ1n) is 14.6. The zero-order valence-corrected chi connectivity index (χ0v) is 30.1. The Morgan fingerprint density at radius 2 is 1.51 bits per heavy atom. The number of allylic oxidation sites excluding steroid dienone is 2. The van der Waals surface area contributed by atoms with Crippen LogP contribution < -0.4 is 4.57 Å². The van der Waals surface area contributed by atoms with Gasteiger partial charge in [0, 0.05) is 54.5 Å². The van der Waals surface area contributed by atoms with Crippen LogP contribution in [0.5, 0.6) is 0 Å². The number of carbonyl (C=O) groups excluding carboxylic acids is 1. The number of carbonyl (C=O) groups is 1. The van der Waals surface area contributed by atoms with Crippen LogP contribution in [0.25, 0.3) is 42.2 Å². The van der Waals surface area contributed by atoms with E-state index >= 15 is 0 Å². The van der Waals surface area contributed by atoms with Gasteiger partial charge in [-0.15, -0.1) is 34.4 Å². The molecule has 5 aromatic rings. The first-order valence-corrected chi connectivity index (χ1v) is 15.5. The molecule has 0 saturated heterocycles. The molecule has 0 bridgehead atoms. The number of pyridine rings is 1. The second-order valence-electron chi connectivity index (χ2n) is 12.9. The van der Waals surface area contributed by atoms with Crippen molar-refractivity contribution < 1.29 is 34.6 Å². The number of aryl methyl sites for hydroxylation is 2. The summed E-state index contributed by atoms with van der Waals surface area (Å²) in [5.74, 6) is 0.161. The van der Waals surface area contributed by atoms with Gasteiger partial charge in [0.1, 0.15) is 0 Å². The molecule has 2 heterocycles. The van der Waals surface area contributed by atoms with Crippen LogP contribution >= 0.6 is 11.3 Å². The minimum absolute atomic E-state index is 0. The number of thiophene rings is 1. The summed E-state index contributed by atoms with van der Waals surface area (Å²) in [6.07, 6.45) is 3.40. The van der Waals surface area contributed by atoms with Crippen LogP contribution in [-0.2, 0) is 30.3 Å². The molecular weight excluding hydrogens is 727 g/mol. The minimum Gasteiger partial charge on any atom is -0.512 e. The molecule has 0 aliphatic carbocycles. The van der Waals surface area contributed by atoms with Gasteiger partial charge in [0.2, 0.25) is 0 Å². The number of aliphatic hydroxyl groups is 1. The van der Waals surface area contributed by atoms with Gasteiger partial charge in [-0.25, -0.2) is 0 Å². The fraction of sp³-hybridized carbons (Fsp3) is 0.316. The van der Waals surface area contributed by atoms with Crippen molar-refractivity contribution in [3.63, 3.8) is 0 Å². The third-order valence-corrected chi connectivity index (χ3v) is 9.36. The SMILES string of the molecule is CC(C)C(=O)/C=C(\O)C(C)C.[CH2-]c1c(-c2c3sc4c(C)c(C)ccc4c3cc[n+]2[CH2-])cc(C(C)(C)C)c2ccccc12.[Ir]. The molecule has 0 aliphatic heterocycles. The van der Waals surface area contributed by atoms with Crippen LogP contribution in [-0.4, -0.2) is 10.9 Å². The molecule has 0 unspecified atom stereocenters. The second kappa shape index (κ2) is 13.3. The van der Waals surface area contributed by atoms with Gasteiger partial charge in [-0.2, -0.15) is 12.5 Å². The molecule has 0 atom stereocenters. The van der Waals surface area contributed by atoms with Gasteiger partial charge in [-0.3, -0.25) is 4.79 Å². The average Bonchev–Trinajstić information content (AvgIpc) is 3.30. The van der Waals surface area contributed by atoms with E-state index in [1.165, 1.54) is 59.3 Å². The number of aromatic nitrogens is 1. The van der Waals surface area contributed by atoms with Crippen molar-refractivity contribution >= 4 is 48.1 Å². The molecule has 5 heteroatoms. The van der Waals surface area contributed by atoms with E-state index in [0.717, 1.165) is 11.3 Å². The number of fused-ring (bicyclic) bond motifs is 4. The fourth-order valence-corrected chi connectivity index (χ4v) is 6.57. The smallest absolute Gasteiger partial charge is 0.161 e. The molecule has 5 rings (SSSR count). The molecule has 3 nitrogen and oxygen atoms in total. The van der Waals surface area contributed by atoms with E-state index in [-0.39, 0.29) is 48.9 Å². The molecule has 1 radical (unpaired) electrons.